The van der Waals surface area contributed by atoms with Crippen LogP contribution in [0.25, 0.3) is 16.0 Å². The molecule has 0 spiro atoms. The molecule has 0 radical (unpaired) electrons. The molecular formula is C19H21N. The second kappa shape index (κ2) is 5.13. The minimum absolute atomic E-state index is 0.0669. The summed E-state index contributed by atoms with van der Waals surface area (Å²) in [5.74, 6) is 0. The Balaban J connectivity index is 2.74. The molecule has 0 unspecified atom stereocenters. The molecule has 0 saturated heterocycles. The highest BCUT2D eigenvalue weighted by molar-refractivity contribution is 5.71. The van der Waals surface area contributed by atoms with Crippen molar-refractivity contribution in [3.63, 3.8) is 0 Å². The van der Waals surface area contributed by atoms with Crippen LogP contribution < -0.4 is 0 Å². The zero-order valence-corrected chi connectivity index (χ0v) is 12.4. The lowest BCUT2D eigenvalue weighted by Crippen LogP contribution is -2.13. The van der Waals surface area contributed by atoms with E-state index in [4.69, 9.17) is 10.7 Å². The topological polar surface area (TPSA) is 4.36 Å². The summed E-state index contributed by atoms with van der Waals surface area (Å²) in [6.45, 7) is 13.2. The van der Waals surface area contributed by atoms with E-state index in [0.29, 0.717) is 11.3 Å². The molecule has 0 bridgehead atoms. The highest BCUT2D eigenvalue weighted by atomic mass is 14.6. The third-order valence-corrected chi connectivity index (χ3v) is 3.48. The fourth-order valence-corrected chi connectivity index (χ4v) is 2.47. The van der Waals surface area contributed by atoms with Crippen LogP contribution in [-0.2, 0) is 5.41 Å². The number of benzene rings is 2. The molecule has 0 saturated carbocycles. The van der Waals surface area contributed by atoms with Gasteiger partial charge in [0.1, 0.15) is 0 Å². The largest absolute Gasteiger partial charge is 0.238 e. The van der Waals surface area contributed by atoms with E-state index in [0.717, 1.165) is 22.3 Å². The summed E-state index contributed by atoms with van der Waals surface area (Å²) < 4.78 is 23.5. The first kappa shape index (κ1) is 10.7. The third-order valence-electron chi connectivity index (χ3n) is 3.48. The van der Waals surface area contributed by atoms with Crippen LogP contribution in [0, 0.1) is 20.3 Å². The molecule has 2 rings (SSSR count). The summed E-state index contributed by atoms with van der Waals surface area (Å²) in [6.07, 6.45) is 0. The molecule has 1 heteroatoms. The first-order valence-corrected chi connectivity index (χ1v) is 6.67. The Labute approximate surface area is 126 Å². The summed E-state index contributed by atoms with van der Waals surface area (Å²) in [5.41, 5.74) is 4.51. The Bertz CT molecular complexity index is 757. The monoisotopic (exact) mass is 266 g/mol. The molecule has 2 aromatic rings. The van der Waals surface area contributed by atoms with Crippen molar-refractivity contribution in [3.8, 4) is 11.1 Å². The van der Waals surface area contributed by atoms with Gasteiger partial charge in [-0.2, -0.15) is 0 Å². The maximum Gasteiger partial charge on any atom is 0.187 e. The van der Waals surface area contributed by atoms with E-state index in [-0.39, 0.29) is 5.41 Å². The minimum atomic E-state index is -2.17. The van der Waals surface area contributed by atoms with Gasteiger partial charge in [0.15, 0.2) is 5.69 Å². The molecule has 0 aliphatic rings. The van der Waals surface area contributed by atoms with Crippen molar-refractivity contribution >= 4 is 5.69 Å². The summed E-state index contributed by atoms with van der Waals surface area (Å²) >= 11 is 0. The van der Waals surface area contributed by atoms with E-state index < -0.39 is 6.85 Å². The van der Waals surface area contributed by atoms with Crippen molar-refractivity contribution in [2.24, 2.45) is 0 Å². The van der Waals surface area contributed by atoms with Gasteiger partial charge in [-0.1, -0.05) is 57.2 Å². The van der Waals surface area contributed by atoms with Gasteiger partial charge < -0.3 is 0 Å². The number of aryl methyl sites for hydroxylation is 2. The number of rotatable bonds is 1. The number of hydrogen-bond acceptors (Lipinski definition) is 0. The smallest absolute Gasteiger partial charge is 0.187 e. The van der Waals surface area contributed by atoms with Gasteiger partial charge in [0.2, 0.25) is 0 Å². The first-order valence-electron chi connectivity index (χ1n) is 8.17. The average molecular weight is 266 g/mol. The maximum absolute atomic E-state index is 7.85. The zero-order valence-electron chi connectivity index (χ0n) is 15.4. The van der Waals surface area contributed by atoms with Crippen LogP contribution in [0.1, 0.15) is 41.6 Å². The Hall–Kier alpha value is -2.07. The molecular weight excluding hydrogens is 242 g/mol. The van der Waals surface area contributed by atoms with Crippen LogP contribution in [-0.4, -0.2) is 0 Å². The van der Waals surface area contributed by atoms with Crippen molar-refractivity contribution in [1.82, 2.24) is 0 Å². The van der Waals surface area contributed by atoms with E-state index in [1.807, 2.05) is 25.1 Å². The summed E-state index contributed by atoms with van der Waals surface area (Å²) in [6, 6.07) is 10.9. The van der Waals surface area contributed by atoms with Crippen molar-refractivity contribution in [2.45, 2.75) is 40.0 Å². The normalized spacial score (nSPS) is 14.1. The van der Waals surface area contributed by atoms with E-state index in [2.05, 4.69) is 25.6 Å². The highest BCUT2D eigenvalue weighted by Gasteiger charge is 2.18. The lowest BCUT2D eigenvalue weighted by Gasteiger charge is -2.24. The van der Waals surface area contributed by atoms with E-state index in [1.54, 1.807) is 18.2 Å². The van der Waals surface area contributed by atoms with Crippen LogP contribution in [0.5, 0.6) is 0 Å². The number of nitrogens with zero attached hydrogens (tertiary/aromatic N) is 1. The van der Waals surface area contributed by atoms with Crippen LogP contribution in [0.4, 0.5) is 5.69 Å². The number of hydrogen-bond donors (Lipinski definition) is 0. The van der Waals surface area contributed by atoms with Gasteiger partial charge in [0.05, 0.1) is 6.57 Å². The summed E-state index contributed by atoms with van der Waals surface area (Å²) in [5, 5.41) is 0. The first-order chi connectivity index (χ1) is 10.5. The predicted octanol–water partition coefficient (Wildman–Crippen LogP) is 5.82. The zero-order chi connectivity index (χ0) is 17.4. The molecule has 0 aliphatic carbocycles. The fraction of sp³-hybridized carbons (Fsp3) is 0.316. The molecule has 0 N–H and O–H groups in total. The lowest BCUT2D eigenvalue weighted by atomic mass is 9.81. The quantitative estimate of drug-likeness (QED) is 0.573. The molecule has 2 aromatic carbocycles. The Morgan fingerprint density at radius 2 is 1.70 bits per heavy atom. The van der Waals surface area contributed by atoms with Crippen molar-refractivity contribution < 1.29 is 4.11 Å². The van der Waals surface area contributed by atoms with Crippen molar-refractivity contribution in [3.05, 3.63) is 64.5 Å². The molecule has 0 aromatic heterocycles. The maximum atomic E-state index is 7.85. The molecule has 1 nitrogen and oxygen atoms in total. The Kier molecular flexibility index (Phi) is 2.74. The SMILES string of the molecule is [2H]C([2H])([2H])c1cc(C)c(C(C)(C)C)cc1-c1ccc([N+]#[C-])cc1. The molecule has 20 heavy (non-hydrogen) atoms. The summed E-state index contributed by atoms with van der Waals surface area (Å²) in [7, 11) is 0. The van der Waals surface area contributed by atoms with Gasteiger partial charge in [-0.25, -0.2) is 4.85 Å². The van der Waals surface area contributed by atoms with Crippen molar-refractivity contribution in [1.29, 1.82) is 0 Å². The van der Waals surface area contributed by atoms with Crippen LogP contribution in [0.3, 0.4) is 0 Å². The van der Waals surface area contributed by atoms with Crippen LogP contribution in [0.2, 0.25) is 0 Å². The molecule has 0 atom stereocenters. The van der Waals surface area contributed by atoms with Gasteiger partial charge in [0.25, 0.3) is 0 Å². The van der Waals surface area contributed by atoms with Gasteiger partial charge >= 0.3 is 0 Å². The molecule has 0 amide bonds. The van der Waals surface area contributed by atoms with Crippen LogP contribution in [0.15, 0.2) is 36.4 Å². The van der Waals surface area contributed by atoms with E-state index in [9.17, 15) is 0 Å². The molecule has 0 fully saturated rings. The molecule has 0 heterocycles. The predicted molar refractivity (Wildman–Crippen MR) is 86.3 cm³/mol. The highest BCUT2D eigenvalue weighted by Crippen LogP contribution is 2.33. The standard InChI is InChI=1S/C19H21N/c1-13-11-14(2)18(19(3,4)5)12-17(13)15-7-9-16(20-6)10-8-15/h7-12H,1-5H3/i1D3. The Morgan fingerprint density at radius 1 is 1.05 bits per heavy atom. The second-order valence-electron chi connectivity index (χ2n) is 6.12. The Morgan fingerprint density at radius 3 is 2.20 bits per heavy atom. The van der Waals surface area contributed by atoms with Gasteiger partial charge in [0, 0.05) is 4.11 Å². The van der Waals surface area contributed by atoms with E-state index in [1.165, 1.54) is 0 Å². The molecule has 0 aliphatic heterocycles. The second-order valence-corrected chi connectivity index (χ2v) is 6.12. The minimum Gasteiger partial charge on any atom is -0.238 e. The fourth-order valence-electron chi connectivity index (χ4n) is 2.47. The lowest BCUT2D eigenvalue weighted by molar-refractivity contribution is 0.586. The molecule has 102 valence electrons. The third kappa shape index (κ3) is 2.75. The summed E-state index contributed by atoms with van der Waals surface area (Å²) in [4.78, 5) is 3.39. The van der Waals surface area contributed by atoms with Gasteiger partial charge in [-0.3, -0.25) is 0 Å². The van der Waals surface area contributed by atoms with Gasteiger partial charge in [-0.05, 0) is 47.0 Å². The van der Waals surface area contributed by atoms with Gasteiger partial charge in [-0.15, -0.1) is 0 Å². The average Bonchev–Trinajstić information content (AvgIpc) is 2.45. The van der Waals surface area contributed by atoms with Crippen LogP contribution >= 0.6 is 0 Å². The van der Waals surface area contributed by atoms with Crippen molar-refractivity contribution in [2.75, 3.05) is 0 Å². The van der Waals surface area contributed by atoms with E-state index >= 15 is 0 Å².